The Hall–Kier alpha value is -1.78. The Labute approximate surface area is 124 Å². The maximum absolute atomic E-state index is 12.9. The third kappa shape index (κ3) is 4.09. The Morgan fingerprint density at radius 3 is 2.81 bits per heavy atom. The van der Waals surface area contributed by atoms with Crippen LogP contribution in [0.1, 0.15) is 11.3 Å². The van der Waals surface area contributed by atoms with Gasteiger partial charge in [-0.1, -0.05) is 18.2 Å². The number of aromatic nitrogens is 1. The number of hydrogen-bond acceptors (Lipinski definition) is 3. The molecular formula is C17H19FN2O. The predicted octanol–water partition coefficient (Wildman–Crippen LogP) is 2.66. The number of ether oxygens (including phenoxy) is 1. The minimum absolute atomic E-state index is 0.160. The molecule has 2 aromatic rings. The zero-order valence-electron chi connectivity index (χ0n) is 11.9. The van der Waals surface area contributed by atoms with Crippen LogP contribution in [0, 0.1) is 5.82 Å². The molecule has 1 aliphatic rings. The fourth-order valence-electron chi connectivity index (χ4n) is 2.65. The summed E-state index contributed by atoms with van der Waals surface area (Å²) in [5.41, 5.74) is 2.20. The number of benzene rings is 1. The number of hydrogen-bond donors (Lipinski definition) is 0. The van der Waals surface area contributed by atoms with E-state index >= 15 is 0 Å². The predicted molar refractivity (Wildman–Crippen MR) is 79.4 cm³/mol. The van der Waals surface area contributed by atoms with Gasteiger partial charge in [0.15, 0.2) is 0 Å². The standard InChI is InChI=1S/C17H19FN2O/c18-15-6-4-14(5-7-15)11-17-13-20(9-10-21-17)12-16-3-1-2-8-19-16/h1-8,17H,9-13H2/t17-/m0/s1. The molecule has 1 aromatic carbocycles. The van der Waals surface area contributed by atoms with Crippen molar-refractivity contribution in [3.8, 4) is 0 Å². The smallest absolute Gasteiger partial charge is 0.123 e. The van der Waals surface area contributed by atoms with Crippen molar-refractivity contribution in [2.24, 2.45) is 0 Å². The van der Waals surface area contributed by atoms with E-state index in [-0.39, 0.29) is 11.9 Å². The maximum Gasteiger partial charge on any atom is 0.123 e. The molecule has 3 rings (SSSR count). The molecule has 0 radical (unpaired) electrons. The molecule has 1 saturated heterocycles. The molecule has 3 nitrogen and oxygen atoms in total. The maximum atomic E-state index is 12.9. The molecule has 0 bridgehead atoms. The second kappa shape index (κ2) is 6.78. The number of morpholine rings is 1. The lowest BCUT2D eigenvalue weighted by Gasteiger charge is -2.32. The Kier molecular flexibility index (Phi) is 4.58. The molecular weight excluding hydrogens is 267 g/mol. The molecule has 1 atom stereocenters. The lowest BCUT2D eigenvalue weighted by atomic mass is 10.1. The van der Waals surface area contributed by atoms with Crippen LogP contribution >= 0.6 is 0 Å². The Bertz CT molecular complexity index is 559. The van der Waals surface area contributed by atoms with Gasteiger partial charge < -0.3 is 4.74 Å². The van der Waals surface area contributed by atoms with E-state index in [4.69, 9.17) is 4.74 Å². The summed E-state index contributed by atoms with van der Waals surface area (Å²) in [6, 6.07) is 12.7. The van der Waals surface area contributed by atoms with Crippen LogP contribution in [0.5, 0.6) is 0 Å². The van der Waals surface area contributed by atoms with E-state index in [9.17, 15) is 4.39 Å². The molecule has 4 heteroatoms. The van der Waals surface area contributed by atoms with Crippen molar-refractivity contribution in [1.29, 1.82) is 0 Å². The van der Waals surface area contributed by atoms with Crippen molar-refractivity contribution in [1.82, 2.24) is 9.88 Å². The third-order valence-corrected chi connectivity index (χ3v) is 3.71. The van der Waals surface area contributed by atoms with Crippen molar-refractivity contribution in [3.05, 3.63) is 65.7 Å². The highest BCUT2D eigenvalue weighted by molar-refractivity contribution is 5.17. The summed E-state index contributed by atoms with van der Waals surface area (Å²) in [6.45, 7) is 3.40. The van der Waals surface area contributed by atoms with E-state index in [0.717, 1.165) is 43.9 Å². The van der Waals surface area contributed by atoms with Gasteiger partial charge in [0.2, 0.25) is 0 Å². The number of nitrogens with zero attached hydrogens (tertiary/aromatic N) is 2. The molecule has 0 aliphatic carbocycles. The number of rotatable bonds is 4. The van der Waals surface area contributed by atoms with Gasteiger partial charge in [-0.15, -0.1) is 0 Å². The summed E-state index contributed by atoms with van der Waals surface area (Å²) in [5.74, 6) is -0.194. The second-order valence-corrected chi connectivity index (χ2v) is 5.38. The highest BCUT2D eigenvalue weighted by Gasteiger charge is 2.21. The van der Waals surface area contributed by atoms with Crippen molar-refractivity contribution >= 4 is 0 Å². The first-order valence-electron chi connectivity index (χ1n) is 7.28. The molecule has 1 aromatic heterocycles. The van der Waals surface area contributed by atoms with Crippen LogP contribution in [-0.4, -0.2) is 35.7 Å². The van der Waals surface area contributed by atoms with E-state index in [1.807, 2.05) is 36.5 Å². The normalized spacial score (nSPS) is 19.6. The van der Waals surface area contributed by atoms with E-state index in [0.29, 0.717) is 0 Å². The van der Waals surface area contributed by atoms with Gasteiger partial charge in [0.25, 0.3) is 0 Å². The van der Waals surface area contributed by atoms with Gasteiger partial charge in [0.1, 0.15) is 5.82 Å². The topological polar surface area (TPSA) is 25.4 Å². The first-order chi connectivity index (χ1) is 10.3. The third-order valence-electron chi connectivity index (χ3n) is 3.71. The van der Waals surface area contributed by atoms with Gasteiger partial charge in [0.05, 0.1) is 18.4 Å². The molecule has 0 N–H and O–H groups in total. The molecule has 21 heavy (non-hydrogen) atoms. The second-order valence-electron chi connectivity index (χ2n) is 5.38. The molecule has 0 spiro atoms. The minimum Gasteiger partial charge on any atom is -0.375 e. The van der Waals surface area contributed by atoms with Crippen molar-refractivity contribution in [2.75, 3.05) is 19.7 Å². The van der Waals surface area contributed by atoms with E-state index < -0.39 is 0 Å². The minimum atomic E-state index is -0.194. The summed E-state index contributed by atoms with van der Waals surface area (Å²) in [6.07, 6.45) is 2.80. The highest BCUT2D eigenvalue weighted by atomic mass is 19.1. The SMILES string of the molecule is Fc1ccc(C[C@H]2CN(Cc3ccccn3)CCO2)cc1. The van der Waals surface area contributed by atoms with Gasteiger partial charge >= 0.3 is 0 Å². The van der Waals surface area contributed by atoms with Crippen LogP contribution in [-0.2, 0) is 17.7 Å². The van der Waals surface area contributed by atoms with E-state index in [1.54, 1.807) is 0 Å². The Morgan fingerprint density at radius 2 is 2.05 bits per heavy atom. The number of halogens is 1. The fourth-order valence-corrected chi connectivity index (χ4v) is 2.65. The zero-order chi connectivity index (χ0) is 14.5. The van der Waals surface area contributed by atoms with Crippen LogP contribution in [0.4, 0.5) is 4.39 Å². The van der Waals surface area contributed by atoms with Crippen LogP contribution in [0.25, 0.3) is 0 Å². The van der Waals surface area contributed by atoms with Crippen LogP contribution in [0.15, 0.2) is 48.7 Å². The summed E-state index contributed by atoms with van der Waals surface area (Å²) in [4.78, 5) is 6.73. The molecule has 0 amide bonds. The molecule has 1 aliphatic heterocycles. The quantitative estimate of drug-likeness (QED) is 0.864. The average molecular weight is 286 g/mol. The van der Waals surface area contributed by atoms with Gasteiger partial charge in [-0.25, -0.2) is 4.39 Å². The van der Waals surface area contributed by atoms with Crippen LogP contribution in [0.3, 0.4) is 0 Å². The van der Waals surface area contributed by atoms with Crippen LogP contribution in [0.2, 0.25) is 0 Å². The molecule has 0 unspecified atom stereocenters. The molecule has 1 fully saturated rings. The summed E-state index contributed by atoms with van der Waals surface area (Å²) < 4.78 is 18.7. The zero-order valence-corrected chi connectivity index (χ0v) is 11.9. The van der Waals surface area contributed by atoms with Crippen LogP contribution < -0.4 is 0 Å². The lowest BCUT2D eigenvalue weighted by Crippen LogP contribution is -2.42. The molecule has 110 valence electrons. The average Bonchev–Trinajstić information content (AvgIpc) is 2.51. The highest BCUT2D eigenvalue weighted by Crippen LogP contribution is 2.14. The Morgan fingerprint density at radius 1 is 1.19 bits per heavy atom. The lowest BCUT2D eigenvalue weighted by molar-refractivity contribution is -0.0308. The van der Waals surface area contributed by atoms with Crippen molar-refractivity contribution in [2.45, 2.75) is 19.1 Å². The Balaban J connectivity index is 1.57. The van der Waals surface area contributed by atoms with Gasteiger partial charge in [-0.05, 0) is 36.2 Å². The largest absolute Gasteiger partial charge is 0.375 e. The fraction of sp³-hybridized carbons (Fsp3) is 0.353. The number of pyridine rings is 1. The monoisotopic (exact) mass is 286 g/mol. The summed E-state index contributed by atoms with van der Waals surface area (Å²) in [7, 11) is 0. The summed E-state index contributed by atoms with van der Waals surface area (Å²) in [5, 5.41) is 0. The summed E-state index contributed by atoms with van der Waals surface area (Å²) >= 11 is 0. The molecule has 2 heterocycles. The van der Waals surface area contributed by atoms with E-state index in [1.165, 1.54) is 12.1 Å². The van der Waals surface area contributed by atoms with Crippen molar-refractivity contribution in [3.63, 3.8) is 0 Å². The van der Waals surface area contributed by atoms with Crippen molar-refractivity contribution < 1.29 is 9.13 Å². The van der Waals surface area contributed by atoms with E-state index in [2.05, 4.69) is 9.88 Å². The molecule has 0 saturated carbocycles. The first kappa shape index (κ1) is 14.2. The first-order valence-corrected chi connectivity index (χ1v) is 7.28. The van der Waals surface area contributed by atoms with Gasteiger partial charge in [0, 0.05) is 25.8 Å². The van der Waals surface area contributed by atoms with Gasteiger partial charge in [-0.3, -0.25) is 9.88 Å². The van der Waals surface area contributed by atoms with Gasteiger partial charge in [-0.2, -0.15) is 0 Å².